The van der Waals surface area contributed by atoms with E-state index >= 15 is 0 Å². The predicted molar refractivity (Wildman–Crippen MR) is 111 cm³/mol. The van der Waals surface area contributed by atoms with E-state index in [1.807, 2.05) is 0 Å². The van der Waals surface area contributed by atoms with Crippen LogP contribution >= 0.6 is 38.6 Å². The van der Waals surface area contributed by atoms with Crippen LogP contribution < -0.4 is 4.80 Å². The summed E-state index contributed by atoms with van der Waals surface area (Å²) < 4.78 is 31.7. The van der Waals surface area contributed by atoms with Gasteiger partial charge >= 0.3 is 5.97 Å². The number of carbonyl (C=O) groups is 2. The number of thiazole rings is 1. The van der Waals surface area contributed by atoms with E-state index < -0.39 is 21.7 Å². The van der Waals surface area contributed by atoms with Crippen LogP contribution in [0, 0.1) is 0 Å². The van der Waals surface area contributed by atoms with Crippen LogP contribution in [0.15, 0.2) is 44.0 Å². The number of halogens is 1. The summed E-state index contributed by atoms with van der Waals surface area (Å²) in [5.74, 6) is -0.912. The number of carbonyl (C=O) groups excluding carboxylic acids is 2. The molecule has 0 aliphatic carbocycles. The Balaban J connectivity index is 2.16. The molecule has 1 aromatic carbocycles. The summed E-state index contributed by atoms with van der Waals surface area (Å²) in [5, 5.41) is 0. The molecule has 0 aliphatic heterocycles. The molecule has 0 N–H and O–H groups in total. The molecule has 0 atom stereocenters. The van der Waals surface area contributed by atoms with Gasteiger partial charge in [-0.3, -0.25) is 9.59 Å². The van der Waals surface area contributed by atoms with Crippen molar-refractivity contribution in [3.05, 3.63) is 43.8 Å². The van der Waals surface area contributed by atoms with Gasteiger partial charge in [0.1, 0.15) is 6.54 Å². The molecule has 11 heteroatoms. The standard InChI is InChI=1S/C17H15BrN2O5S3/c1-3-25-15(21)9-20-11-5-4-10(28(2,23)24)8-13(11)27-17(20)19-16(22)12-6-7-14(18)26-12/h4-8H,3,9H2,1-2H3. The number of hydrogen-bond acceptors (Lipinski definition) is 7. The quantitative estimate of drug-likeness (QED) is 0.499. The third kappa shape index (κ3) is 4.59. The molecule has 0 radical (unpaired) electrons. The molecule has 0 fully saturated rings. The smallest absolute Gasteiger partial charge is 0.326 e. The number of benzene rings is 1. The zero-order valence-corrected chi connectivity index (χ0v) is 18.9. The fourth-order valence-electron chi connectivity index (χ4n) is 2.43. The number of esters is 1. The van der Waals surface area contributed by atoms with Gasteiger partial charge < -0.3 is 9.30 Å². The monoisotopic (exact) mass is 502 g/mol. The summed E-state index contributed by atoms with van der Waals surface area (Å²) in [5.41, 5.74) is 0.601. The SMILES string of the molecule is CCOC(=O)Cn1c(=NC(=O)c2ccc(Br)s2)sc2cc(S(C)(=O)=O)ccc21. The van der Waals surface area contributed by atoms with E-state index in [0.717, 1.165) is 21.4 Å². The Morgan fingerprint density at radius 3 is 2.57 bits per heavy atom. The van der Waals surface area contributed by atoms with E-state index in [1.165, 1.54) is 23.5 Å². The molecule has 3 aromatic rings. The van der Waals surface area contributed by atoms with E-state index in [4.69, 9.17) is 4.74 Å². The highest BCUT2D eigenvalue weighted by Gasteiger charge is 2.16. The first-order valence-corrected chi connectivity index (χ1v) is 12.3. The summed E-state index contributed by atoms with van der Waals surface area (Å²) in [6, 6.07) is 8.00. The van der Waals surface area contributed by atoms with Gasteiger partial charge in [-0.15, -0.1) is 11.3 Å². The second-order valence-electron chi connectivity index (χ2n) is 5.70. The normalized spacial score (nSPS) is 12.5. The average Bonchev–Trinajstić information content (AvgIpc) is 3.18. The second-order valence-corrected chi connectivity index (χ2v) is 11.2. The summed E-state index contributed by atoms with van der Waals surface area (Å²) in [4.78, 5) is 29.6. The molecular weight excluding hydrogens is 488 g/mol. The first kappa shape index (κ1) is 20.9. The van der Waals surface area contributed by atoms with Gasteiger partial charge in [0, 0.05) is 6.26 Å². The van der Waals surface area contributed by atoms with E-state index in [0.29, 0.717) is 19.9 Å². The van der Waals surface area contributed by atoms with Gasteiger partial charge in [-0.25, -0.2) is 8.42 Å². The summed E-state index contributed by atoms with van der Waals surface area (Å²) in [6.45, 7) is 1.80. The number of sulfone groups is 1. The fourth-order valence-corrected chi connectivity index (χ4v) is 5.49. The maximum absolute atomic E-state index is 12.5. The van der Waals surface area contributed by atoms with Crippen molar-refractivity contribution in [2.24, 2.45) is 4.99 Å². The van der Waals surface area contributed by atoms with Crippen LogP contribution in [0.5, 0.6) is 0 Å². The average molecular weight is 503 g/mol. The summed E-state index contributed by atoms with van der Waals surface area (Å²) in [7, 11) is -3.39. The van der Waals surface area contributed by atoms with Crippen molar-refractivity contribution < 1.29 is 22.7 Å². The van der Waals surface area contributed by atoms with Crippen molar-refractivity contribution in [1.29, 1.82) is 0 Å². The van der Waals surface area contributed by atoms with E-state index in [-0.39, 0.29) is 18.0 Å². The van der Waals surface area contributed by atoms with Crippen LogP contribution in [0.2, 0.25) is 0 Å². The van der Waals surface area contributed by atoms with Gasteiger partial charge in [-0.1, -0.05) is 11.3 Å². The Kier molecular flexibility index (Phi) is 6.18. The van der Waals surface area contributed by atoms with Gasteiger partial charge in [0.2, 0.25) is 0 Å². The Morgan fingerprint density at radius 1 is 1.21 bits per heavy atom. The van der Waals surface area contributed by atoms with E-state index in [2.05, 4.69) is 20.9 Å². The Morgan fingerprint density at radius 2 is 1.96 bits per heavy atom. The number of nitrogens with zero attached hydrogens (tertiary/aromatic N) is 2. The number of hydrogen-bond donors (Lipinski definition) is 0. The van der Waals surface area contributed by atoms with Crippen LogP contribution in [0.3, 0.4) is 0 Å². The number of thiophene rings is 1. The Bertz CT molecular complexity index is 1240. The molecule has 7 nitrogen and oxygen atoms in total. The Labute approximate surface area is 177 Å². The molecule has 0 bridgehead atoms. The van der Waals surface area contributed by atoms with Crippen LogP contribution in [0.25, 0.3) is 10.2 Å². The lowest BCUT2D eigenvalue weighted by molar-refractivity contribution is -0.143. The van der Waals surface area contributed by atoms with Crippen LogP contribution in [-0.4, -0.2) is 37.7 Å². The molecule has 0 aliphatic rings. The van der Waals surface area contributed by atoms with Crippen LogP contribution in [-0.2, 0) is 25.9 Å². The largest absolute Gasteiger partial charge is 0.465 e. The number of ether oxygens (including phenoxy) is 1. The Hall–Kier alpha value is -1.82. The molecule has 148 valence electrons. The van der Waals surface area contributed by atoms with Gasteiger partial charge in [0.05, 0.1) is 30.4 Å². The minimum Gasteiger partial charge on any atom is -0.465 e. The molecule has 0 unspecified atom stereocenters. The molecule has 0 saturated heterocycles. The van der Waals surface area contributed by atoms with Crippen molar-refractivity contribution in [2.75, 3.05) is 12.9 Å². The third-order valence-corrected chi connectivity index (χ3v) is 7.42. The zero-order valence-electron chi connectivity index (χ0n) is 14.8. The first-order valence-electron chi connectivity index (χ1n) is 8.02. The lowest BCUT2D eigenvalue weighted by Gasteiger charge is -2.05. The van der Waals surface area contributed by atoms with E-state index in [1.54, 1.807) is 29.7 Å². The first-order chi connectivity index (χ1) is 13.2. The summed E-state index contributed by atoms with van der Waals surface area (Å²) in [6.07, 6.45) is 1.12. The summed E-state index contributed by atoms with van der Waals surface area (Å²) >= 11 is 5.70. The lowest BCUT2D eigenvalue weighted by atomic mass is 10.3. The highest BCUT2D eigenvalue weighted by atomic mass is 79.9. The number of fused-ring (bicyclic) bond motifs is 1. The van der Waals surface area contributed by atoms with Gasteiger partial charge in [0.25, 0.3) is 5.91 Å². The molecule has 0 spiro atoms. The zero-order chi connectivity index (χ0) is 20.5. The number of amides is 1. The minimum atomic E-state index is -3.39. The predicted octanol–water partition coefficient (Wildman–Crippen LogP) is 3.23. The third-order valence-electron chi connectivity index (χ3n) is 3.66. The highest BCUT2D eigenvalue weighted by Crippen LogP contribution is 2.24. The van der Waals surface area contributed by atoms with Gasteiger partial charge in [-0.2, -0.15) is 4.99 Å². The molecular formula is C17H15BrN2O5S3. The van der Waals surface area contributed by atoms with E-state index in [9.17, 15) is 18.0 Å². The number of rotatable bonds is 5. The van der Waals surface area contributed by atoms with Crippen molar-refractivity contribution in [2.45, 2.75) is 18.4 Å². The van der Waals surface area contributed by atoms with Crippen molar-refractivity contribution in [3.8, 4) is 0 Å². The molecule has 28 heavy (non-hydrogen) atoms. The van der Waals surface area contributed by atoms with Gasteiger partial charge in [-0.05, 0) is 53.2 Å². The fraction of sp³-hybridized carbons (Fsp3) is 0.235. The second kappa shape index (κ2) is 8.27. The molecule has 2 aromatic heterocycles. The topological polar surface area (TPSA) is 94.8 Å². The van der Waals surface area contributed by atoms with Crippen LogP contribution in [0.1, 0.15) is 16.6 Å². The highest BCUT2D eigenvalue weighted by molar-refractivity contribution is 9.11. The molecule has 0 saturated carbocycles. The molecule has 3 rings (SSSR count). The maximum atomic E-state index is 12.5. The maximum Gasteiger partial charge on any atom is 0.326 e. The van der Waals surface area contributed by atoms with Crippen molar-refractivity contribution >= 4 is 70.5 Å². The lowest BCUT2D eigenvalue weighted by Crippen LogP contribution is -2.23. The molecule has 2 heterocycles. The molecule has 1 amide bonds. The minimum absolute atomic E-state index is 0.133. The van der Waals surface area contributed by atoms with Gasteiger partial charge in [0.15, 0.2) is 14.6 Å². The van der Waals surface area contributed by atoms with Crippen LogP contribution in [0.4, 0.5) is 0 Å². The van der Waals surface area contributed by atoms with Crippen molar-refractivity contribution in [1.82, 2.24) is 4.57 Å². The number of aromatic nitrogens is 1. The van der Waals surface area contributed by atoms with Crippen molar-refractivity contribution in [3.63, 3.8) is 0 Å².